The number of Topliss-reactive ketones (excluding diaryl/α,β-unsaturated/α-hetero) is 1. The van der Waals surface area contributed by atoms with Crippen LogP contribution in [0.4, 0.5) is 0 Å². The van der Waals surface area contributed by atoms with Crippen LogP contribution in [0.3, 0.4) is 0 Å². The summed E-state index contributed by atoms with van der Waals surface area (Å²) in [4.78, 5) is 11.5. The molecule has 0 aliphatic heterocycles. The Morgan fingerprint density at radius 1 is 1.50 bits per heavy atom. The van der Waals surface area contributed by atoms with Crippen LogP contribution >= 0.6 is 0 Å². The lowest BCUT2D eigenvalue weighted by molar-refractivity contribution is -0.116. The van der Waals surface area contributed by atoms with Gasteiger partial charge in [-0.2, -0.15) is 0 Å². The van der Waals surface area contributed by atoms with Gasteiger partial charge in [0.25, 0.3) is 0 Å². The third-order valence-electron chi connectivity index (χ3n) is 2.27. The molecular weight excluding hydrogens is 150 g/mol. The molecule has 0 aromatic heterocycles. The number of carbonyl (C=O) groups is 1. The van der Waals surface area contributed by atoms with Gasteiger partial charge >= 0.3 is 0 Å². The quantitative estimate of drug-likeness (QED) is 0.681. The van der Waals surface area contributed by atoms with E-state index in [4.69, 9.17) is 5.73 Å². The highest BCUT2D eigenvalue weighted by atomic mass is 16.1. The van der Waals surface area contributed by atoms with Crippen LogP contribution in [-0.4, -0.2) is 11.8 Å². The molecule has 0 aromatic rings. The van der Waals surface area contributed by atoms with Crippen LogP contribution in [0.15, 0.2) is 11.6 Å². The molecular formula is C10H17NO. The van der Waals surface area contributed by atoms with Gasteiger partial charge in [-0.3, -0.25) is 4.79 Å². The van der Waals surface area contributed by atoms with E-state index in [0.29, 0.717) is 0 Å². The molecule has 1 rings (SSSR count). The Morgan fingerprint density at radius 2 is 2.25 bits per heavy atom. The zero-order valence-electron chi connectivity index (χ0n) is 7.68. The second kappa shape index (κ2) is 4.41. The first kappa shape index (κ1) is 9.46. The summed E-state index contributed by atoms with van der Waals surface area (Å²) >= 11 is 0. The van der Waals surface area contributed by atoms with Gasteiger partial charge in [-0.15, -0.1) is 0 Å². The van der Waals surface area contributed by atoms with Gasteiger partial charge in [0, 0.05) is 0 Å². The summed E-state index contributed by atoms with van der Waals surface area (Å²) in [6.07, 6.45) is 7.65. The average molecular weight is 167 g/mol. The van der Waals surface area contributed by atoms with Crippen molar-refractivity contribution >= 4 is 5.78 Å². The zero-order chi connectivity index (χ0) is 8.97. The molecule has 1 aliphatic carbocycles. The van der Waals surface area contributed by atoms with E-state index in [1.165, 1.54) is 12.8 Å². The molecule has 12 heavy (non-hydrogen) atoms. The third-order valence-corrected chi connectivity index (χ3v) is 2.27. The third kappa shape index (κ3) is 2.45. The van der Waals surface area contributed by atoms with Crippen LogP contribution in [0.2, 0.25) is 0 Å². The molecule has 0 aromatic carbocycles. The summed E-state index contributed by atoms with van der Waals surface area (Å²) in [6.45, 7) is 1.76. The molecule has 0 amide bonds. The van der Waals surface area contributed by atoms with Crippen LogP contribution in [0, 0.1) is 0 Å². The monoisotopic (exact) mass is 167 g/mol. The van der Waals surface area contributed by atoms with Gasteiger partial charge in [0.2, 0.25) is 0 Å². The number of carbonyl (C=O) groups excluding carboxylic acids is 1. The first-order valence-corrected chi connectivity index (χ1v) is 4.70. The maximum absolute atomic E-state index is 11.5. The number of nitrogens with two attached hydrogens (primary N) is 1. The van der Waals surface area contributed by atoms with E-state index < -0.39 is 0 Å². The van der Waals surface area contributed by atoms with Crippen molar-refractivity contribution in [2.75, 3.05) is 0 Å². The lowest BCUT2D eigenvalue weighted by Crippen LogP contribution is -2.27. The van der Waals surface area contributed by atoms with Crippen molar-refractivity contribution < 1.29 is 4.79 Å². The Hall–Kier alpha value is -0.630. The average Bonchev–Trinajstić information content (AvgIpc) is 2.30. The van der Waals surface area contributed by atoms with Crippen LogP contribution in [0.1, 0.15) is 39.0 Å². The summed E-state index contributed by atoms with van der Waals surface area (Å²) in [6, 6.07) is -0.325. The minimum Gasteiger partial charge on any atom is -0.321 e. The van der Waals surface area contributed by atoms with Gasteiger partial charge in [0.1, 0.15) is 0 Å². The fourth-order valence-corrected chi connectivity index (χ4v) is 1.53. The number of hydrogen-bond acceptors (Lipinski definition) is 2. The van der Waals surface area contributed by atoms with E-state index in [1.807, 2.05) is 0 Å². The molecule has 1 atom stereocenters. The van der Waals surface area contributed by atoms with E-state index in [1.54, 1.807) is 6.92 Å². The summed E-state index contributed by atoms with van der Waals surface area (Å²) in [5, 5.41) is 0. The van der Waals surface area contributed by atoms with Crippen molar-refractivity contribution in [1.29, 1.82) is 0 Å². The van der Waals surface area contributed by atoms with Gasteiger partial charge in [-0.05, 0) is 38.2 Å². The Labute approximate surface area is 73.8 Å². The van der Waals surface area contributed by atoms with Gasteiger partial charge in [-0.1, -0.05) is 12.5 Å². The molecule has 0 saturated heterocycles. The molecule has 0 bridgehead atoms. The van der Waals surface area contributed by atoms with Crippen molar-refractivity contribution in [1.82, 2.24) is 0 Å². The molecule has 0 heterocycles. The Kier molecular flexibility index (Phi) is 3.48. The normalized spacial score (nSPS) is 21.0. The van der Waals surface area contributed by atoms with Crippen molar-refractivity contribution in [3.63, 3.8) is 0 Å². The smallest absolute Gasteiger partial charge is 0.174 e. The second-order valence-corrected chi connectivity index (χ2v) is 3.48. The molecule has 0 fully saturated rings. The molecule has 1 aliphatic rings. The standard InChI is InChI=1S/C10H17NO/c1-8(11)10(12)9-6-4-2-3-5-7-9/h6,8H,2-5,7,11H2,1H3/t8-/m0/s1. The van der Waals surface area contributed by atoms with Crippen LogP contribution < -0.4 is 5.73 Å². The topological polar surface area (TPSA) is 43.1 Å². The Morgan fingerprint density at radius 3 is 2.92 bits per heavy atom. The van der Waals surface area contributed by atoms with E-state index in [9.17, 15) is 4.79 Å². The first-order chi connectivity index (χ1) is 5.72. The Balaban J connectivity index is 2.59. The summed E-state index contributed by atoms with van der Waals surface area (Å²) < 4.78 is 0. The van der Waals surface area contributed by atoms with Crippen molar-refractivity contribution in [3.8, 4) is 0 Å². The Bertz CT molecular complexity index is 194. The van der Waals surface area contributed by atoms with Gasteiger partial charge in [-0.25, -0.2) is 0 Å². The second-order valence-electron chi connectivity index (χ2n) is 3.48. The van der Waals surface area contributed by atoms with E-state index in [0.717, 1.165) is 24.8 Å². The lowest BCUT2D eigenvalue weighted by Gasteiger charge is -2.06. The molecule has 2 heteroatoms. The number of ketones is 1. The van der Waals surface area contributed by atoms with Crippen molar-refractivity contribution in [3.05, 3.63) is 11.6 Å². The SMILES string of the molecule is C[C@H](N)C(=O)C1=CCCCCC1. The number of rotatable bonds is 2. The molecule has 2 N–H and O–H groups in total. The summed E-state index contributed by atoms with van der Waals surface area (Å²) in [5.41, 5.74) is 6.49. The predicted octanol–water partition coefficient (Wildman–Crippen LogP) is 1.79. The predicted molar refractivity (Wildman–Crippen MR) is 49.8 cm³/mol. The van der Waals surface area contributed by atoms with Crippen LogP contribution in [-0.2, 0) is 4.79 Å². The zero-order valence-corrected chi connectivity index (χ0v) is 7.68. The highest BCUT2D eigenvalue weighted by Gasteiger charge is 2.14. The van der Waals surface area contributed by atoms with Crippen molar-refractivity contribution in [2.24, 2.45) is 5.73 Å². The number of allylic oxidation sites excluding steroid dienone is 1. The van der Waals surface area contributed by atoms with Crippen LogP contribution in [0.25, 0.3) is 0 Å². The lowest BCUT2D eigenvalue weighted by atomic mass is 10.0. The van der Waals surface area contributed by atoms with E-state index in [-0.39, 0.29) is 11.8 Å². The minimum atomic E-state index is -0.325. The molecule has 0 unspecified atom stereocenters. The molecule has 68 valence electrons. The maximum Gasteiger partial charge on any atom is 0.174 e. The van der Waals surface area contributed by atoms with E-state index >= 15 is 0 Å². The van der Waals surface area contributed by atoms with Crippen LogP contribution in [0.5, 0.6) is 0 Å². The van der Waals surface area contributed by atoms with Crippen molar-refractivity contribution in [2.45, 2.75) is 45.1 Å². The highest BCUT2D eigenvalue weighted by molar-refractivity contribution is 5.98. The van der Waals surface area contributed by atoms with Gasteiger partial charge in [0.05, 0.1) is 6.04 Å². The van der Waals surface area contributed by atoms with E-state index in [2.05, 4.69) is 6.08 Å². The van der Waals surface area contributed by atoms with Gasteiger partial charge < -0.3 is 5.73 Å². The molecule has 0 saturated carbocycles. The largest absolute Gasteiger partial charge is 0.321 e. The van der Waals surface area contributed by atoms with Gasteiger partial charge in [0.15, 0.2) is 5.78 Å². The molecule has 0 radical (unpaired) electrons. The highest BCUT2D eigenvalue weighted by Crippen LogP contribution is 2.18. The number of hydrogen-bond donors (Lipinski definition) is 1. The maximum atomic E-state index is 11.5. The fraction of sp³-hybridized carbons (Fsp3) is 0.700. The fourth-order valence-electron chi connectivity index (χ4n) is 1.53. The minimum absolute atomic E-state index is 0.136. The molecule has 0 spiro atoms. The molecule has 2 nitrogen and oxygen atoms in total. The summed E-state index contributed by atoms with van der Waals surface area (Å²) in [5.74, 6) is 0.136. The first-order valence-electron chi connectivity index (χ1n) is 4.70. The summed E-state index contributed by atoms with van der Waals surface area (Å²) in [7, 11) is 0.